The summed E-state index contributed by atoms with van der Waals surface area (Å²) in [5, 5.41) is 0. The Kier molecular flexibility index (Phi) is 9.69. The summed E-state index contributed by atoms with van der Waals surface area (Å²) in [5.74, 6) is -0.591. The van der Waals surface area contributed by atoms with Crippen LogP contribution in [0, 0.1) is 5.92 Å². The minimum atomic E-state index is -0.634. The summed E-state index contributed by atoms with van der Waals surface area (Å²) in [5.41, 5.74) is 1.43. The fraction of sp³-hybridized carbons (Fsp3) is 0.500. The normalized spacial score (nSPS) is 19.1. The Balaban J connectivity index is 1.80. The van der Waals surface area contributed by atoms with E-state index in [2.05, 4.69) is 0 Å². The third-order valence-corrected chi connectivity index (χ3v) is 5.94. The maximum atomic E-state index is 13.1. The first-order chi connectivity index (χ1) is 16.8. The van der Waals surface area contributed by atoms with Gasteiger partial charge in [-0.15, -0.1) is 0 Å². The highest BCUT2D eigenvalue weighted by molar-refractivity contribution is 5.74. The third kappa shape index (κ3) is 8.37. The molecule has 7 heteroatoms. The second kappa shape index (κ2) is 12.7. The second-order valence-electron chi connectivity index (χ2n) is 9.82. The number of ether oxygens (including phenoxy) is 4. The Hall–Kier alpha value is -2.90. The molecule has 1 aliphatic rings. The molecule has 1 heterocycles. The van der Waals surface area contributed by atoms with Gasteiger partial charge in [-0.05, 0) is 44.7 Å². The van der Waals surface area contributed by atoms with Crippen molar-refractivity contribution in [2.24, 2.45) is 5.92 Å². The largest absolute Gasteiger partial charge is 0.469 e. The van der Waals surface area contributed by atoms with Gasteiger partial charge in [0.1, 0.15) is 11.7 Å². The monoisotopic (exact) mass is 483 g/mol. The van der Waals surface area contributed by atoms with E-state index < -0.39 is 23.8 Å². The van der Waals surface area contributed by atoms with Crippen molar-refractivity contribution in [3.63, 3.8) is 0 Å². The first kappa shape index (κ1) is 26.7. The van der Waals surface area contributed by atoms with Crippen LogP contribution in [-0.4, -0.2) is 55.0 Å². The Morgan fingerprint density at radius 3 is 2.14 bits per heavy atom. The number of amides is 1. The van der Waals surface area contributed by atoms with Crippen LogP contribution in [0.1, 0.15) is 44.7 Å². The van der Waals surface area contributed by atoms with E-state index in [0.717, 1.165) is 11.1 Å². The predicted octanol–water partition coefficient (Wildman–Crippen LogP) is 4.98. The summed E-state index contributed by atoms with van der Waals surface area (Å²) in [6.45, 7) is 6.95. The second-order valence-corrected chi connectivity index (χ2v) is 9.82. The molecule has 0 bridgehead atoms. The van der Waals surface area contributed by atoms with Crippen molar-refractivity contribution in [2.75, 3.05) is 20.3 Å². The summed E-state index contributed by atoms with van der Waals surface area (Å²) in [6, 6.07) is 19.4. The smallest absolute Gasteiger partial charge is 0.410 e. The number of likely N-dealkylation sites (tertiary alicyclic amines) is 1. The molecule has 0 saturated carbocycles. The van der Waals surface area contributed by atoms with Crippen molar-refractivity contribution < 1.29 is 28.5 Å². The number of carbonyl (C=O) groups excluding carboxylic acids is 2. The van der Waals surface area contributed by atoms with Crippen molar-refractivity contribution in [3.05, 3.63) is 71.8 Å². The molecule has 35 heavy (non-hydrogen) atoms. The molecule has 7 nitrogen and oxygen atoms in total. The van der Waals surface area contributed by atoms with E-state index in [9.17, 15) is 9.59 Å². The van der Waals surface area contributed by atoms with Crippen molar-refractivity contribution in [1.82, 2.24) is 4.90 Å². The SMILES string of the molecule is COC(=O)[C@@H]1CCN(C(=O)OC(C)(C)C)[C@@H]([C@@H](COCc2ccccc2)OCc2ccccc2)C1. The lowest BCUT2D eigenvalue weighted by Crippen LogP contribution is -2.55. The van der Waals surface area contributed by atoms with Crippen molar-refractivity contribution >= 4 is 12.1 Å². The molecule has 3 rings (SSSR count). The van der Waals surface area contributed by atoms with E-state index >= 15 is 0 Å². The van der Waals surface area contributed by atoms with Crippen LogP contribution in [0.15, 0.2) is 60.7 Å². The van der Waals surface area contributed by atoms with E-state index in [4.69, 9.17) is 18.9 Å². The first-order valence-electron chi connectivity index (χ1n) is 12.1. The highest BCUT2D eigenvalue weighted by atomic mass is 16.6. The molecule has 1 fully saturated rings. The van der Waals surface area contributed by atoms with Gasteiger partial charge in [0.15, 0.2) is 0 Å². The Morgan fingerprint density at radius 2 is 1.57 bits per heavy atom. The van der Waals surface area contributed by atoms with Crippen molar-refractivity contribution in [1.29, 1.82) is 0 Å². The number of hydrogen-bond donors (Lipinski definition) is 0. The minimum absolute atomic E-state index is 0.263. The molecule has 1 amide bonds. The van der Waals surface area contributed by atoms with Crippen LogP contribution in [0.4, 0.5) is 4.79 Å². The van der Waals surface area contributed by atoms with Crippen LogP contribution >= 0.6 is 0 Å². The summed E-state index contributed by atoms with van der Waals surface area (Å²) < 4.78 is 23.1. The molecular weight excluding hydrogens is 446 g/mol. The number of carbonyl (C=O) groups is 2. The summed E-state index contributed by atoms with van der Waals surface area (Å²) in [7, 11) is 1.39. The molecule has 190 valence electrons. The molecule has 3 atom stereocenters. The van der Waals surface area contributed by atoms with Gasteiger partial charge in [-0.1, -0.05) is 60.7 Å². The molecule has 0 spiro atoms. The molecule has 0 aromatic heterocycles. The van der Waals surface area contributed by atoms with Gasteiger partial charge in [-0.25, -0.2) is 4.79 Å². The number of methoxy groups -OCH3 is 1. The molecular formula is C28H37NO6. The molecule has 0 radical (unpaired) electrons. The van der Waals surface area contributed by atoms with E-state index in [1.54, 1.807) is 4.90 Å². The van der Waals surface area contributed by atoms with Crippen LogP contribution < -0.4 is 0 Å². The van der Waals surface area contributed by atoms with E-state index in [1.807, 2.05) is 81.4 Å². The van der Waals surface area contributed by atoms with Gasteiger partial charge in [0.05, 0.1) is 38.9 Å². The average Bonchev–Trinajstić information content (AvgIpc) is 2.85. The number of nitrogens with zero attached hydrogens (tertiary/aromatic N) is 1. The van der Waals surface area contributed by atoms with Gasteiger partial charge >= 0.3 is 12.1 Å². The molecule has 0 unspecified atom stereocenters. The molecule has 2 aromatic rings. The van der Waals surface area contributed by atoms with Crippen LogP contribution in [0.2, 0.25) is 0 Å². The number of rotatable bonds is 9. The standard InChI is InChI=1S/C28H37NO6/c1-28(2,3)35-27(31)29-16-15-23(26(30)32-4)17-24(29)25(34-19-22-13-9-6-10-14-22)20-33-18-21-11-7-5-8-12-21/h5-14,23-25H,15-20H2,1-4H3/t23-,24-,25-/m1/s1. The third-order valence-electron chi connectivity index (χ3n) is 5.94. The van der Waals surface area contributed by atoms with E-state index in [1.165, 1.54) is 7.11 Å². The van der Waals surface area contributed by atoms with Crippen LogP contribution in [0.25, 0.3) is 0 Å². The van der Waals surface area contributed by atoms with Gasteiger partial charge in [-0.3, -0.25) is 4.79 Å². The maximum absolute atomic E-state index is 13.1. The number of hydrogen-bond acceptors (Lipinski definition) is 6. The summed E-state index contributed by atoms with van der Waals surface area (Å²) >= 11 is 0. The Bertz CT molecular complexity index is 927. The van der Waals surface area contributed by atoms with E-state index in [0.29, 0.717) is 32.6 Å². The number of esters is 1. The lowest BCUT2D eigenvalue weighted by Gasteiger charge is -2.42. The molecule has 2 aromatic carbocycles. The molecule has 1 saturated heterocycles. The van der Waals surface area contributed by atoms with Crippen LogP contribution in [-0.2, 0) is 37.0 Å². The van der Waals surface area contributed by atoms with Gasteiger partial charge in [-0.2, -0.15) is 0 Å². The lowest BCUT2D eigenvalue weighted by molar-refractivity contribution is -0.150. The zero-order valence-electron chi connectivity index (χ0n) is 21.1. The Labute approximate surface area is 208 Å². The van der Waals surface area contributed by atoms with Gasteiger partial charge in [0.2, 0.25) is 0 Å². The van der Waals surface area contributed by atoms with Crippen molar-refractivity contribution in [2.45, 2.75) is 64.6 Å². The van der Waals surface area contributed by atoms with Gasteiger partial charge in [0, 0.05) is 6.54 Å². The quantitative estimate of drug-likeness (QED) is 0.469. The van der Waals surface area contributed by atoms with Gasteiger partial charge < -0.3 is 23.8 Å². The maximum Gasteiger partial charge on any atom is 0.410 e. The molecule has 0 N–H and O–H groups in total. The summed E-state index contributed by atoms with van der Waals surface area (Å²) in [4.78, 5) is 27.2. The number of benzene rings is 2. The Morgan fingerprint density at radius 1 is 0.971 bits per heavy atom. The fourth-order valence-electron chi connectivity index (χ4n) is 4.19. The highest BCUT2D eigenvalue weighted by Gasteiger charge is 2.41. The fourth-order valence-corrected chi connectivity index (χ4v) is 4.19. The topological polar surface area (TPSA) is 74.3 Å². The van der Waals surface area contributed by atoms with Gasteiger partial charge in [0.25, 0.3) is 0 Å². The zero-order valence-corrected chi connectivity index (χ0v) is 21.1. The minimum Gasteiger partial charge on any atom is -0.469 e. The van der Waals surface area contributed by atoms with Crippen molar-refractivity contribution in [3.8, 4) is 0 Å². The average molecular weight is 484 g/mol. The van der Waals surface area contributed by atoms with Crippen LogP contribution in [0.3, 0.4) is 0 Å². The molecule has 0 aliphatic carbocycles. The number of piperidine rings is 1. The first-order valence-corrected chi connectivity index (χ1v) is 12.1. The lowest BCUT2D eigenvalue weighted by atomic mass is 9.88. The van der Waals surface area contributed by atoms with Crippen LogP contribution in [0.5, 0.6) is 0 Å². The highest BCUT2D eigenvalue weighted by Crippen LogP contribution is 2.29. The molecule has 1 aliphatic heterocycles. The summed E-state index contributed by atoms with van der Waals surface area (Å²) in [6.07, 6.45) is 0.0553. The predicted molar refractivity (Wildman–Crippen MR) is 133 cm³/mol. The van der Waals surface area contributed by atoms with E-state index in [-0.39, 0.29) is 18.5 Å². The zero-order chi connectivity index (χ0) is 25.3.